The van der Waals surface area contributed by atoms with Gasteiger partial charge in [0.25, 0.3) is 0 Å². The summed E-state index contributed by atoms with van der Waals surface area (Å²) in [7, 11) is 0. The van der Waals surface area contributed by atoms with E-state index in [1.54, 1.807) is 6.08 Å². The van der Waals surface area contributed by atoms with Crippen LogP contribution in [0.2, 0.25) is 0 Å². The van der Waals surface area contributed by atoms with Gasteiger partial charge in [0.15, 0.2) is 6.29 Å². The van der Waals surface area contributed by atoms with Crippen molar-refractivity contribution in [3.05, 3.63) is 48.6 Å². The predicted octanol–water partition coefficient (Wildman–Crippen LogP) is 5.94. The van der Waals surface area contributed by atoms with Crippen LogP contribution in [0.1, 0.15) is 129 Å². The lowest BCUT2D eigenvalue weighted by Crippen LogP contribution is -2.60. The fraction of sp³-hybridized carbons (Fsp3) is 0.763. The van der Waals surface area contributed by atoms with Gasteiger partial charge in [0, 0.05) is 6.42 Å². The Labute approximate surface area is 284 Å². The Morgan fingerprint density at radius 2 is 1.23 bits per heavy atom. The Morgan fingerprint density at radius 3 is 1.83 bits per heavy atom. The maximum Gasteiger partial charge on any atom is 0.220 e. The zero-order chi connectivity index (χ0) is 34.5. The van der Waals surface area contributed by atoms with E-state index in [2.05, 4.69) is 55.6 Å². The Bertz CT molecular complexity index is 874. The molecule has 7 unspecified atom stereocenters. The van der Waals surface area contributed by atoms with E-state index in [1.165, 1.54) is 38.5 Å². The molecule has 0 saturated carbocycles. The van der Waals surface area contributed by atoms with Crippen molar-refractivity contribution in [1.29, 1.82) is 0 Å². The van der Waals surface area contributed by atoms with Gasteiger partial charge < -0.3 is 40.3 Å². The molecule has 0 aromatic rings. The fourth-order valence-electron chi connectivity index (χ4n) is 5.28. The molecule has 1 rings (SSSR count). The van der Waals surface area contributed by atoms with Gasteiger partial charge in [-0.2, -0.15) is 0 Å². The summed E-state index contributed by atoms with van der Waals surface area (Å²) in [4.78, 5) is 12.8. The monoisotopic (exact) mass is 665 g/mol. The third-order valence-electron chi connectivity index (χ3n) is 8.35. The number of amides is 1. The minimum atomic E-state index is -1.57. The van der Waals surface area contributed by atoms with Gasteiger partial charge in [0.1, 0.15) is 24.4 Å². The van der Waals surface area contributed by atoms with Crippen molar-refractivity contribution in [3.63, 3.8) is 0 Å². The Kier molecular flexibility index (Phi) is 26.7. The van der Waals surface area contributed by atoms with Gasteiger partial charge in [-0.3, -0.25) is 4.79 Å². The minimum Gasteiger partial charge on any atom is -0.394 e. The highest BCUT2D eigenvalue weighted by Crippen LogP contribution is 2.22. The lowest BCUT2D eigenvalue weighted by molar-refractivity contribution is -0.302. The molecule has 1 amide bonds. The lowest BCUT2D eigenvalue weighted by Gasteiger charge is -2.40. The molecule has 9 nitrogen and oxygen atoms in total. The first-order valence-electron chi connectivity index (χ1n) is 18.4. The molecule has 272 valence electrons. The van der Waals surface area contributed by atoms with Crippen LogP contribution in [0.3, 0.4) is 0 Å². The van der Waals surface area contributed by atoms with E-state index in [4.69, 9.17) is 9.47 Å². The number of hydrogen-bond acceptors (Lipinski definition) is 8. The van der Waals surface area contributed by atoms with Crippen LogP contribution >= 0.6 is 0 Å². The Balaban J connectivity index is 2.55. The van der Waals surface area contributed by atoms with Crippen LogP contribution in [0, 0.1) is 0 Å². The normalized spacial score (nSPS) is 23.4. The van der Waals surface area contributed by atoms with Gasteiger partial charge in [0.05, 0.1) is 25.4 Å². The number of aliphatic hydroxyl groups is 5. The maximum atomic E-state index is 12.8. The summed E-state index contributed by atoms with van der Waals surface area (Å²) >= 11 is 0. The van der Waals surface area contributed by atoms with E-state index in [0.29, 0.717) is 6.42 Å². The van der Waals surface area contributed by atoms with Crippen LogP contribution in [-0.4, -0.2) is 87.5 Å². The molecule has 0 aromatic heterocycles. The van der Waals surface area contributed by atoms with Gasteiger partial charge >= 0.3 is 0 Å². The average Bonchev–Trinajstić information content (AvgIpc) is 3.07. The number of ether oxygens (including phenoxy) is 2. The number of carbonyl (C=O) groups excluding carboxylic acids is 1. The zero-order valence-electron chi connectivity index (χ0n) is 29.3. The van der Waals surface area contributed by atoms with Crippen molar-refractivity contribution in [2.75, 3.05) is 13.2 Å². The minimum absolute atomic E-state index is 0.211. The highest BCUT2D eigenvalue weighted by atomic mass is 16.7. The van der Waals surface area contributed by atoms with E-state index in [-0.39, 0.29) is 12.5 Å². The highest BCUT2D eigenvalue weighted by Gasteiger charge is 2.44. The molecule has 9 heteroatoms. The summed E-state index contributed by atoms with van der Waals surface area (Å²) in [6.45, 7) is 3.63. The number of aliphatic hydroxyl groups excluding tert-OH is 5. The number of hydrogen-bond donors (Lipinski definition) is 6. The van der Waals surface area contributed by atoms with Crippen molar-refractivity contribution < 1.29 is 39.8 Å². The van der Waals surface area contributed by atoms with Crippen molar-refractivity contribution in [2.24, 2.45) is 0 Å². The number of allylic oxidation sites excluding steroid dienone is 7. The summed E-state index contributed by atoms with van der Waals surface area (Å²) in [6.07, 6.45) is 27.3. The quantitative estimate of drug-likeness (QED) is 0.0445. The summed E-state index contributed by atoms with van der Waals surface area (Å²) in [5, 5.41) is 53.7. The molecule has 0 radical (unpaired) electrons. The van der Waals surface area contributed by atoms with Crippen molar-refractivity contribution in [2.45, 2.75) is 172 Å². The molecule has 1 saturated heterocycles. The van der Waals surface area contributed by atoms with Gasteiger partial charge in [-0.1, -0.05) is 107 Å². The zero-order valence-corrected chi connectivity index (χ0v) is 29.3. The van der Waals surface area contributed by atoms with Gasteiger partial charge in [-0.25, -0.2) is 0 Å². The molecule has 47 heavy (non-hydrogen) atoms. The van der Waals surface area contributed by atoms with E-state index in [1.807, 2.05) is 6.08 Å². The highest BCUT2D eigenvalue weighted by molar-refractivity contribution is 5.76. The first kappa shape index (κ1) is 43.2. The van der Waals surface area contributed by atoms with Crippen LogP contribution < -0.4 is 5.32 Å². The van der Waals surface area contributed by atoms with E-state index < -0.39 is 49.5 Å². The van der Waals surface area contributed by atoms with Gasteiger partial charge in [-0.05, 0) is 64.2 Å². The van der Waals surface area contributed by atoms with Gasteiger partial charge in [-0.15, -0.1) is 0 Å². The van der Waals surface area contributed by atoms with E-state index in [9.17, 15) is 30.3 Å². The molecule has 1 aliphatic rings. The molecule has 7 atom stereocenters. The smallest absolute Gasteiger partial charge is 0.220 e. The van der Waals surface area contributed by atoms with Crippen molar-refractivity contribution in [1.82, 2.24) is 5.32 Å². The van der Waals surface area contributed by atoms with Crippen LogP contribution in [0.5, 0.6) is 0 Å². The molecule has 0 aliphatic carbocycles. The predicted molar refractivity (Wildman–Crippen MR) is 189 cm³/mol. The molecule has 1 fully saturated rings. The average molecular weight is 666 g/mol. The molecule has 6 N–H and O–H groups in total. The van der Waals surface area contributed by atoms with Gasteiger partial charge in [0.2, 0.25) is 5.91 Å². The largest absolute Gasteiger partial charge is 0.394 e. The Morgan fingerprint density at radius 1 is 0.702 bits per heavy atom. The summed E-state index contributed by atoms with van der Waals surface area (Å²) < 4.78 is 11.1. The molecule has 1 aliphatic heterocycles. The number of rotatable bonds is 28. The number of carbonyl (C=O) groups is 1. The number of nitrogens with one attached hydrogen (secondary N) is 1. The fourth-order valence-corrected chi connectivity index (χ4v) is 5.28. The molecule has 0 bridgehead atoms. The van der Waals surface area contributed by atoms with Crippen LogP contribution in [-0.2, 0) is 14.3 Å². The van der Waals surface area contributed by atoms with Crippen LogP contribution in [0.15, 0.2) is 48.6 Å². The first-order chi connectivity index (χ1) is 22.8. The summed E-state index contributed by atoms with van der Waals surface area (Å²) in [5.41, 5.74) is 0. The topological polar surface area (TPSA) is 149 Å². The molecule has 1 heterocycles. The van der Waals surface area contributed by atoms with E-state index >= 15 is 0 Å². The third-order valence-corrected chi connectivity index (χ3v) is 8.35. The summed E-state index contributed by atoms with van der Waals surface area (Å²) in [6, 6.07) is -0.830. The lowest BCUT2D eigenvalue weighted by atomic mass is 9.99. The summed E-state index contributed by atoms with van der Waals surface area (Å²) in [5.74, 6) is -0.211. The standard InChI is InChI=1S/C38H67NO8/c1-3-5-7-9-11-13-15-16-17-18-19-21-23-25-27-32(41)31(30-46-38-37(45)36(44)35(43)33(29-40)47-38)39-34(42)28-26-24-22-20-14-12-10-8-6-4-2/h10,12-13,15,18-19,25,27,31-33,35-38,40-41,43-45H,3-9,11,14,16-17,20-24,26,28-30H2,1-2H3,(H,39,42)/b12-10-,15-13+,19-18+,27-25+. The number of unbranched alkanes of at least 4 members (excludes halogenated alkanes) is 12. The second kappa shape index (κ2) is 29.1. The van der Waals surface area contributed by atoms with E-state index in [0.717, 1.165) is 70.6 Å². The van der Waals surface area contributed by atoms with Crippen LogP contribution in [0.4, 0.5) is 0 Å². The SMILES string of the molecule is CCCC/C=C\CCCCCCC(=O)NC(COC1OC(CO)C(O)C(O)C1O)C(O)/C=C/CC/C=C/CC/C=C/CCCCCC. The molecular formula is C38H67NO8. The van der Waals surface area contributed by atoms with Crippen molar-refractivity contribution >= 4 is 5.91 Å². The van der Waals surface area contributed by atoms with Crippen LogP contribution in [0.25, 0.3) is 0 Å². The third kappa shape index (κ3) is 21.0. The molecule has 0 aromatic carbocycles. The van der Waals surface area contributed by atoms with Crippen molar-refractivity contribution in [3.8, 4) is 0 Å². The first-order valence-corrected chi connectivity index (χ1v) is 18.4. The maximum absolute atomic E-state index is 12.8. The second-order valence-electron chi connectivity index (χ2n) is 12.6. The molecule has 0 spiro atoms. The second-order valence-corrected chi connectivity index (χ2v) is 12.6. The Hall–Kier alpha value is -1.85. The molecular weight excluding hydrogens is 598 g/mol.